The lowest BCUT2D eigenvalue weighted by atomic mass is 10.1. The van der Waals surface area contributed by atoms with Gasteiger partial charge in [0, 0.05) is 24.0 Å². The molecule has 110 valence electrons. The number of amides is 1. The highest BCUT2D eigenvalue weighted by Crippen LogP contribution is 2.20. The van der Waals surface area contributed by atoms with E-state index in [4.69, 9.17) is 22.1 Å². The SMILES string of the molecule is COc1ccc(CNc2cc(Cl)ncc2CC(N)=O)cc1. The van der Waals surface area contributed by atoms with E-state index in [0.29, 0.717) is 11.7 Å². The van der Waals surface area contributed by atoms with Crippen LogP contribution in [0.15, 0.2) is 36.5 Å². The van der Waals surface area contributed by atoms with E-state index in [1.165, 1.54) is 0 Å². The van der Waals surface area contributed by atoms with Gasteiger partial charge in [0.1, 0.15) is 10.9 Å². The summed E-state index contributed by atoms with van der Waals surface area (Å²) < 4.78 is 5.11. The molecule has 3 N–H and O–H groups in total. The van der Waals surface area contributed by atoms with E-state index < -0.39 is 5.91 Å². The molecule has 0 bridgehead atoms. The maximum atomic E-state index is 11.1. The second-order valence-electron chi connectivity index (χ2n) is 4.51. The summed E-state index contributed by atoms with van der Waals surface area (Å²) in [5, 5.41) is 3.60. The average molecular weight is 306 g/mol. The number of carbonyl (C=O) groups is 1. The molecular formula is C15H16ClN3O2. The smallest absolute Gasteiger partial charge is 0.221 e. The van der Waals surface area contributed by atoms with Gasteiger partial charge < -0.3 is 15.8 Å². The summed E-state index contributed by atoms with van der Waals surface area (Å²) in [4.78, 5) is 15.0. The number of nitrogens with zero attached hydrogens (tertiary/aromatic N) is 1. The van der Waals surface area contributed by atoms with Crippen molar-refractivity contribution >= 4 is 23.2 Å². The van der Waals surface area contributed by atoms with Crippen molar-refractivity contribution in [1.82, 2.24) is 4.98 Å². The maximum absolute atomic E-state index is 11.1. The number of primary amides is 1. The second kappa shape index (κ2) is 6.95. The molecule has 0 aliphatic heterocycles. The van der Waals surface area contributed by atoms with Gasteiger partial charge in [-0.05, 0) is 23.8 Å². The lowest BCUT2D eigenvalue weighted by Crippen LogP contribution is -2.15. The normalized spacial score (nSPS) is 10.2. The summed E-state index contributed by atoms with van der Waals surface area (Å²) in [6, 6.07) is 9.38. The highest BCUT2D eigenvalue weighted by Gasteiger charge is 2.07. The number of rotatable bonds is 6. The van der Waals surface area contributed by atoms with Crippen LogP contribution in [0.5, 0.6) is 5.75 Å². The molecule has 0 saturated heterocycles. The van der Waals surface area contributed by atoms with Crippen LogP contribution in [0, 0.1) is 0 Å². The number of benzene rings is 1. The Bertz CT molecular complexity index is 629. The van der Waals surface area contributed by atoms with Gasteiger partial charge in [0.05, 0.1) is 13.5 Å². The molecule has 1 amide bonds. The fraction of sp³-hybridized carbons (Fsp3) is 0.200. The summed E-state index contributed by atoms with van der Waals surface area (Å²) in [6.07, 6.45) is 1.68. The molecule has 2 aromatic rings. The van der Waals surface area contributed by atoms with Crippen LogP contribution in [-0.2, 0) is 17.8 Å². The van der Waals surface area contributed by atoms with E-state index in [9.17, 15) is 4.79 Å². The van der Waals surface area contributed by atoms with Crippen LogP contribution in [0.4, 0.5) is 5.69 Å². The molecular weight excluding hydrogens is 290 g/mol. The van der Waals surface area contributed by atoms with Gasteiger partial charge in [-0.3, -0.25) is 4.79 Å². The van der Waals surface area contributed by atoms with Crippen LogP contribution in [0.1, 0.15) is 11.1 Å². The molecule has 0 fully saturated rings. The summed E-state index contributed by atoms with van der Waals surface area (Å²) in [5.74, 6) is 0.395. The van der Waals surface area contributed by atoms with Crippen molar-refractivity contribution in [3.05, 3.63) is 52.8 Å². The first-order valence-electron chi connectivity index (χ1n) is 6.38. The summed E-state index contributed by atoms with van der Waals surface area (Å²) in [6.45, 7) is 0.593. The van der Waals surface area contributed by atoms with Crippen molar-refractivity contribution in [3.63, 3.8) is 0 Å². The first-order chi connectivity index (χ1) is 10.1. The van der Waals surface area contributed by atoms with E-state index >= 15 is 0 Å². The minimum absolute atomic E-state index is 0.120. The molecule has 5 nitrogen and oxygen atoms in total. The van der Waals surface area contributed by atoms with Crippen LogP contribution in [0.25, 0.3) is 0 Å². The summed E-state index contributed by atoms with van der Waals surface area (Å²) >= 11 is 5.89. The minimum atomic E-state index is -0.411. The van der Waals surface area contributed by atoms with Crippen molar-refractivity contribution in [2.75, 3.05) is 12.4 Å². The average Bonchev–Trinajstić information content (AvgIpc) is 2.47. The third-order valence-corrected chi connectivity index (χ3v) is 3.17. The number of ether oxygens (including phenoxy) is 1. The maximum Gasteiger partial charge on any atom is 0.221 e. The monoisotopic (exact) mass is 305 g/mol. The molecule has 0 unspecified atom stereocenters. The molecule has 21 heavy (non-hydrogen) atoms. The largest absolute Gasteiger partial charge is 0.497 e. The van der Waals surface area contributed by atoms with E-state index in [0.717, 1.165) is 22.6 Å². The summed E-state index contributed by atoms with van der Waals surface area (Å²) in [7, 11) is 1.63. The number of hydrogen-bond acceptors (Lipinski definition) is 4. The number of aromatic nitrogens is 1. The number of nitrogens with one attached hydrogen (secondary N) is 1. The molecule has 0 atom stereocenters. The highest BCUT2D eigenvalue weighted by molar-refractivity contribution is 6.29. The fourth-order valence-corrected chi connectivity index (χ4v) is 2.05. The van der Waals surface area contributed by atoms with Gasteiger partial charge in [-0.15, -0.1) is 0 Å². The van der Waals surface area contributed by atoms with Crippen molar-refractivity contribution < 1.29 is 9.53 Å². The predicted octanol–water partition coefficient (Wildman–Crippen LogP) is 2.38. The lowest BCUT2D eigenvalue weighted by molar-refractivity contribution is -0.117. The first-order valence-corrected chi connectivity index (χ1v) is 6.76. The van der Waals surface area contributed by atoms with E-state index in [1.807, 2.05) is 24.3 Å². The predicted molar refractivity (Wildman–Crippen MR) is 82.5 cm³/mol. The van der Waals surface area contributed by atoms with Crippen molar-refractivity contribution in [3.8, 4) is 5.75 Å². The zero-order chi connectivity index (χ0) is 15.2. The van der Waals surface area contributed by atoms with E-state index in [2.05, 4.69) is 10.3 Å². The number of hydrogen-bond donors (Lipinski definition) is 2. The molecule has 0 spiro atoms. The molecule has 0 saturated carbocycles. The van der Waals surface area contributed by atoms with Crippen LogP contribution in [0.3, 0.4) is 0 Å². The van der Waals surface area contributed by atoms with E-state index in [-0.39, 0.29) is 6.42 Å². The van der Waals surface area contributed by atoms with Gasteiger partial charge >= 0.3 is 0 Å². The van der Waals surface area contributed by atoms with Gasteiger partial charge in [0.15, 0.2) is 0 Å². The minimum Gasteiger partial charge on any atom is -0.497 e. The van der Waals surface area contributed by atoms with Crippen LogP contribution < -0.4 is 15.8 Å². The number of anilines is 1. The second-order valence-corrected chi connectivity index (χ2v) is 4.90. The third kappa shape index (κ3) is 4.36. The van der Waals surface area contributed by atoms with Gasteiger partial charge in [0.2, 0.25) is 5.91 Å². The lowest BCUT2D eigenvalue weighted by Gasteiger charge is -2.11. The van der Waals surface area contributed by atoms with Crippen molar-refractivity contribution in [2.24, 2.45) is 5.73 Å². The molecule has 0 aliphatic rings. The first kappa shape index (κ1) is 15.1. The zero-order valence-corrected chi connectivity index (χ0v) is 12.4. The topological polar surface area (TPSA) is 77.2 Å². The van der Waals surface area contributed by atoms with Gasteiger partial charge in [-0.25, -0.2) is 4.98 Å². The van der Waals surface area contributed by atoms with Gasteiger partial charge in [0.25, 0.3) is 0 Å². The number of halogens is 1. The number of nitrogens with two attached hydrogens (primary N) is 1. The van der Waals surface area contributed by atoms with Crippen molar-refractivity contribution in [2.45, 2.75) is 13.0 Å². The Morgan fingerprint density at radius 2 is 2.10 bits per heavy atom. The Kier molecular flexibility index (Phi) is 5.00. The van der Waals surface area contributed by atoms with Gasteiger partial charge in [-0.1, -0.05) is 23.7 Å². The quantitative estimate of drug-likeness (QED) is 0.803. The number of methoxy groups -OCH3 is 1. The Labute approximate surface area is 128 Å². The molecule has 2 rings (SSSR count). The molecule has 1 aromatic heterocycles. The van der Waals surface area contributed by atoms with Gasteiger partial charge in [-0.2, -0.15) is 0 Å². The third-order valence-electron chi connectivity index (χ3n) is 2.96. The Morgan fingerprint density at radius 1 is 1.38 bits per heavy atom. The summed E-state index contributed by atoms with van der Waals surface area (Å²) in [5.41, 5.74) is 7.78. The highest BCUT2D eigenvalue weighted by atomic mass is 35.5. The Balaban J connectivity index is 2.10. The van der Waals surface area contributed by atoms with Crippen LogP contribution in [0.2, 0.25) is 5.15 Å². The Hall–Kier alpha value is -2.27. The van der Waals surface area contributed by atoms with E-state index in [1.54, 1.807) is 19.4 Å². The number of carbonyl (C=O) groups excluding carboxylic acids is 1. The Morgan fingerprint density at radius 3 is 2.71 bits per heavy atom. The standard InChI is InChI=1S/C15H16ClN3O2/c1-21-12-4-2-10(3-5-12)8-18-13-7-14(16)19-9-11(13)6-15(17)20/h2-5,7,9H,6,8H2,1H3,(H2,17,20)(H,18,19). The van der Waals surface area contributed by atoms with Crippen molar-refractivity contribution in [1.29, 1.82) is 0 Å². The van der Waals surface area contributed by atoms with Crippen LogP contribution >= 0.6 is 11.6 Å². The molecule has 1 heterocycles. The molecule has 6 heteroatoms. The molecule has 0 aliphatic carbocycles. The molecule has 0 radical (unpaired) electrons. The molecule has 1 aromatic carbocycles. The fourth-order valence-electron chi connectivity index (χ4n) is 1.89. The van der Waals surface area contributed by atoms with Crippen LogP contribution in [-0.4, -0.2) is 18.0 Å². The zero-order valence-electron chi connectivity index (χ0n) is 11.6. The number of pyridine rings is 1.